The number of carboxylic acids is 1. The normalized spacial score (nSPS) is 21.2. The van der Waals surface area contributed by atoms with Crippen molar-refractivity contribution in [3.05, 3.63) is 15.0 Å². The monoisotopic (exact) mass is 292 g/mol. The minimum absolute atomic E-state index is 0.352. The van der Waals surface area contributed by atoms with Crippen molar-refractivity contribution in [1.29, 1.82) is 0 Å². The number of aliphatic carboxylic acids is 1. The Morgan fingerprint density at radius 3 is 3.15 bits per heavy atom. The van der Waals surface area contributed by atoms with Crippen molar-refractivity contribution < 1.29 is 9.90 Å². The van der Waals surface area contributed by atoms with Crippen LogP contribution >= 0.6 is 22.6 Å². The van der Waals surface area contributed by atoms with E-state index in [4.69, 9.17) is 5.11 Å². The molecule has 1 heterocycles. The van der Waals surface area contributed by atoms with Gasteiger partial charge in [0.15, 0.2) is 0 Å². The van der Waals surface area contributed by atoms with Gasteiger partial charge in [-0.15, -0.1) is 0 Å². The maximum atomic E-state index is 10.9. The molecule has 0 aliphatic heterocycles. The van der Waals surface area contributed by atoms with Crippen LogP contribution in [0.25, 0.3) is 0 Å². The van der Waals surface area contributed by atoms with E-state index in [2.05, 4.69) is 32.8 Å². The molecule has 0 aromatic carbocycles. The lowest BCUT2D eigenvalue weighted by Gasteiger charge is -2.17. The molecule has 0 amide bonds. The van der Waals surface area contributed by atoms with Gasteiger partial charge in [0.05, 0.1) is 5.92 Å². The predicted octanol–water partition coefficient (Wildman–Crippen LogP) is 1.52. The first-order chi connectivity index (χ1) is 6.20. The van der Waals surface area contributed by atoms with Crippen LogP contribution in [0.3, 0.4) is 0 Å². The topological polar surface area (TPSA) is 66.0 Å². The van der Waals surface area contributed by atoms with Gasteiger partial charge in [-0.25, -0.2) is 0 Å². The zero-order chi connectivity index (χ0) is 9.42. The van der Waals surface area contributed by atoms with Crippen LogP contribution in [-0.4, -0.2) is 21.3 Å². The van der Waals surface area contributed by atoms with E-state index in [0.29, 0.717) is 0 Å². The largest absolute Gasteiger partial charge is 0.481 e. The van der Waals surface area contributed by atoms with Crippen molar-refractivity contribution >= 4 is 28.6 Å². The van der Waals surface area contributed by atoms with E-state index < -0.39 is 5.97 Å². The number of H-pyrrole nitrogens is 1. The standard InChI is InChI=1S/C8H9IN2O2/c9-7-6-4(8(12)13)2-1-3-5(6)10-11-7/h4H,1-3H2,(H,10,11)(H,12,13). The molecular formula is C8H9IN2O2. The number of hydrogen-bond acceptors (Lipinski definition) is 2. The molecule has 13 heavy (non-hydrogen) atoms. The average molecular weight is 292 g/mol. The number of fused-ring (bicyclic) bond motifs is 1. The van der Waals surface area contributed by atoms with Crippen molar-refractivity contribution in [3.8, 4) is 0 Å². The van der Waals surface area contributed by atoms with E-state index in [0.717, 1.165) is 34.2 Å². The minimum Gasteiger partial charge on any atom is -0.481 e. The number of carbonyl (C=O) groups is 1. The van der Waals surface area contributed by atoms with E-state index >= 15 is 0 Å². The predicted molar refractivity (Wildman–Crippen MR) is 54.6 cm³/mol. The summed E-state index contributed by atoms with van der Waals surface area (Å²) in [6, 6.07) is 0. The lowest BCUT2D eigenvalue weighted by molar-refractivity contribution is -0.139. The molecule has 1 unspecified atom stereocenters. The summed E-state index contributed by atoms with van der Waals surface area (Å²) in [4.78, 5) is 10.9. The SMILES string of the molecule is O=C(O)C1CCCc2[nH]nc(I)c21. The summed E-state index contributed by atoms with van der Waals surface area (Å²) in [5, 5.41) is 15.9. The summed E-state index contributed by atoms with van der Waals surface area (Å²) in [7, 11) is 0. The molecule has 1 atom stereocenters. The van der Waals surface area contributed by atoms with Gasteiger partial charge in [-0.2, -0.15) is 5.10 Å². The molecule has 0 bridgehead atoms. The number of aromatic nitrogens is 2. The highest BCUT2D eigenvalue weighted by Gasteiger charge is 2.30. The molecule has 0 radical (unpaired) electrons. The van der Waals surface area contributed by atoms with Crippen LogP contribution in [0.1, 0.15) is 30.0 Å². The Labute approximate surface area is 88.9 Å². The summed E-state index contributed by atoms with van der Waals surface area (Å²) in [5.41, 5.74) is 1.91. The number of carboxylic acid groups (broad SMARTS) is 1. The van der Waals surface area contributed by atoms with Gasteiger partial charge >= 0.3 is 5.97 Å². The highest BCUT2D eigenvalue weighted by Crippen LogP contribution is 2.33. The molecule has 0 saturated heterocycles. The number of aryl methyl sites for hydroxylation is 1. The van der Waals surface area contributed by atoms with Crippen LogP contribution in [0.15, 0.2) is 0 Å². The third-order valence-corrected chi connectivity index (χ3v) is 3.22. The Morgan fingerprint density at radius 1 is 1.69 bits per heavy atom. The number of rotatable bonds is 1. The quantitative estimate of drug-likeness (QED) is 0.771. The first-order valence-corrected chi connectivity index (χ1v) is 5.23. The van der Waals surface area contributed by atoms with Crippen molar-refractivity contribution in [2.24, 2.45) is 0 Å². The van der Waals surface area contributed by atoms with E-state index in [1.54, 1.807) is 0 Å². The molecule has 0 spiro atoms. The second kappa shape index (κ2) is 3.28. The lowest BCUT2D eigenvalue weighted by Crippen LogP contribution is -2.17. The Bertz CT molecular complexity index is 348. The fourth-order valence-electron chi connectivity index (χ4n) is 1.78. The van der Waals surface area contributed by atoms with Crippen LogP contribution in [-0.2, 0) is 11.2 Å². The van der Waals surface area contributed by atoms with Gasteiger partial charge in [0.25, 0.3) is 0 Å². The number of aromatic amines is 1. The molecule has 0 saturated carbocycles. The van der Waals surface area contributed by atoms with Gasteiger partial charge in [0.1, 0.15) is 3.70 Å². The summed E-state index contributed by atoms with van der Waals surface area (Å²) < 4.78 is 0.805. The number of halogens is 1. The van der Waals surface area contributed by atoms with Crippen molar-refractivity contribution in [3.63, 3.8) is 0 Å². The Balaban J connectivity index is 2.46. The van der Waals surface area contributed by atoms with Gasteiger partial charge < -0.3 is 5.11 Å². The van der Waals surface area contributed by atoms with Crippen molar-refractivity contribution in [2.45, 2.75) is 25.2 Å². The Hall–Kier alpha value is -0.590. The van der Waals surface area contributed by atoms with E-state index in [-0.39, 0.29) is 5.92 Å². The second-order valence-corrected chi connectivity index (χ2v) is 4.21. The maximum absolute atomic E-state index is 10.9. The van der Waals surface area contributed by atoms with Crippen LogP contribution in [0.4, 0.5) is 0 Å². The zero-order valence-electron chi connectivity index (χ0n) is 6.88. The summed E-state index contributed by atoms with van der Waals surface area (Å²) in [5.74, 6) is -1.09. The van der Waals surface area contributed by atoms with E-state index in [1.165, 1.54) is 0 Å². The van der Waals surface area contributed by atoms with E-state index in [1.807, 2.05) is 0 Å². The van der Waals surface area contributed by atoms with E-state index in [9.17, 15) is 4.79 Å². The highest BCUT2D eigenvalue weighted by atomic mass is 127. The number of hydrogen-bond donors (Lipinski definition) is 2. The molecule has 5 heteroatoms. The molecular weight excluding hydrogens is 283 g/mol. The summed E-state index contributed by atoms with van der Waals surface area (Å²) in [6.45, 7) is 0. The molecule has 1 aliphatic rings. The Kier molecular flexibility index (Phi) is 2.27. The van der Waals surface area contributed by atoms with Gasteiger partial charge in [0, 0.05) is 11.3 Å². The first-order valence-electron chi connectivity index (χ1n) is 4.15. The number of nitrogens with zero attached hydrogens (tertiary/aromatic N) is 1. The van der Waals surface area contributed by atoms with Crippen molar-refractivity contribution in [1.82, 2.24) is 10.2 Å². The third kappa shape index (κ3) is 1.45. The zero-order valence-corrected chi connectivity index (χ0v) is 9.04. The average Bonchev–Trinajstić information content (AvgIpc) is 2.48. The fourth-order valence-corrected chi connectivity index (χ4v) is 2.60. The first kappa shape index (κ1) is 8.98. The molecule has 70 valence electrons. The molecule has 1 aromatic rings. The summed E-state index contributed by atoms with van der Waals surface area (Å²) >= 11 is 2.08. The summed E-state index contributed by atoms with van der Waals surface area (Å²) in [6.07, 6.45) is 2.59. The fraction of sp³-hybridized carbons (Fsp3) is 0.500. The smallest absolute Gasteiger partial charge is 0.311 e. The van der Waals surface area contributed by atoms with Crippen LogP contribution < -0.4 is 0 Å². The molecule has 0 fully saturated rings. The second-order valence-electron chi connectivity index (χ2n) is 3.19. The maximum Gasteiger partial charge on any atom is 0.311 e. The van der Waals surface area contributed by atoms with Crippen LogP contribution in [0, 0.1) is 3.70 Å². The molecule has 4 nitrogen and oxygen atoms in total. The van der Waals surface area contributed by atoms with Gasteiger partial charge in [-0.3, -0.25) is 9.89 Å². The highest BCUT2D eigenvalue weighted by molar-refractivity contribution is 14.1. The minimum atomic E-state index is -0.736. The van der Waals surface area contributed by atoms with Crippen molar-refractivity contribution in [2.75, 3.05) is 0 Å². The molecule has 2 rings (SSSR count). The number of nitrogens with one attached hydrogen (secondary N) is 1. The van der Waals surface area contributed by atoms with Gasteiger partial charge in [-0.1, -0.05) is 0 Å². The molecule has 1 aromatic heterocycles. The third-order valence-electron chi connectivity index (χ3n) is 2.40. The lowest BCUT2D eigenvalue weighted by atomic mass is 9.87. The van der Waals surface area contributed by atoms with Gasteiger partial charge in [-0.05, 0) is 41.9 Å². The molecule has 2 N–H and O–H groups in total. The van der Waals surface area contributed by atoms with Gasteiger partial charge in [0.2, 0.25) is 0 Å². The van der Waals surface area contributed by atoms with Crippen LogP contribution in [0.2, 0.25) is 0 Å². The van der Waals surface area contributed by atoms with Crippen LogP contribution in [0.5, 0.6) is 0 Å². The Morgan fingerprint density at radius 2 is 2.46 bits per heavy atom. The molecule has 1 aliphatic carbocycles.